The van der Waals surface area contributed by atoms with E-state index in [0.717, 1.165) is 56.7 Å². The number of fused-ring (bicyclic) bond motifs is 1. The molecule has 0 aromatic carbocycles. The number of aliphatic carboxylic acids is 1. The van der Waals surface area contributed by atoms with Crippen LogP contribution in [0.4, 0.5) is 11.5 Å². The third kappa shape index (κ3) is 8.34. The molecule has 1 amide bonds. The first kappa shape index (κ1) is 24.4. The molecular weight excluding hydrogens is 420 g/mol. The van der Waals surface area contributed by atoms with E-state index in [0.29, 0.717) is 25.3 Å². The van der Waals surface area contributed by atoms with Crippen molar-refractivity contribution in [1.82, 2.24) is 20.2 Å². The van der Waals surface area contributed by atoms with Gasteiger partial charge < -0.3 is 21.1 Å². The fraction of sp³-hybridized carbons (Fsp3) is 0.500. The van der Waals surface area contributed by atoms with E-state index in [2.05, 4.69) is 38.0 Å². The molecule has 0 saturated heterocycles. The average molecular weight is 455 g/mol. The number of carboxylic acids is 1. The minimum Gasteiger partial charge on any atom is -0.480 e. The van der Waals surface area contributed by atoms with Gasteiger partial charge >= 0.3 is 5.97 Å². The normalized spacial score (nSPS) is 13.6. The third-order valence-corrected chi connectivity index (χ3v) is 5.70. The number of aryl methyl sites for hydroxylation is 2. The number of aromatic nitrogens is 2. The lowest BCUT2D eigenvalue weighted by molar-refractivity contribution is -0.138. The van der Waals surface area contributed by atoms with Gasteiger partial charge in [0.25, 0.3) is 0 Å². The number of nitrogens with one attached hydrogen (secondary N) is 3. The Morgan fingerprint density at radius 3 is 2.88 bits per heavy atom. The van der Waals surface area contributed by atoms with Crippen LogP contribution in [0.3, 0.4) is 0 Å². The number of pyridine rings is 2. The Kier molecular flexibility index (Phi) is 9.44. The van der Waals surface area contributed by atoms with Gasteiger partial charge in [-0.2, -0.15) is 0 Å². The smallest absolute Gasteiger partial charge is 0.326 e. The molecule has 0 aliphatic carbocycles. The molecule has 9 nitrogen and oxygen atoms in total. The highest BCUT2D eigenvalue weighted by molar-refractivity contribution is 5.77. The lowest BCUT2D eigenvalue weighted by atomic mass is 10.1. The van der Waals surface area contributed by atoms with Gasteiger partial charge in [0.05, 0.1) is 12.4 Å². The van der Waals surface area contributed by atoms with Crippen LogP contribution in [0.1, 0.15) is 43.9 Å². The van der Waals surface area contributed by atoms with Crippen LogP contribution < -0.4 is 16.0 Å². The van der Waals surface area contributed by atoms with Gasteiger partial charge in [0.1, 0.15) is 11.9 Å². The minimum atomic E-state index is -0.912. The number of anilines is 2. The van der Waals surface area contributed by atoms with Gasteiger partial charge in [0.2, 0.25) is 5.91 Å². The fourth-order valence-electron chi connectivity index (χ4n) is 3.86. The topological polar surface area (TPSA) is 119 Å². The van der Waals surface area contributed by atoms with Gasteiger partial charge in [-0.3, -0.25) is 14.7 Å². The quantitative estimate of drug-likeness (QED) is 0.269. The molecule has 2 aromatic heterocycles. The summed E-state index contributed by atoms with van der Waals surface area (Å²) in [5.41, 5.74) is 3.05. The Bertz CT molecular complexity index is 908. The predicted molar refractivity (Wildman–Crippen MR) is 128 cm³/mol. The molecule has 2 aromatic rings. The van der Waals surface area contributed by atoms with E-state index in [1.165, 1.54) is 12.5 Å². The molecule has 0 bridgehead atoms. The highest BCUT2D eigenvalue weighted by atomic mass is 16.4. The molecule has 178 valence electrons. The zero-order chi connectivity index (χ0) is 23.5. The van der Waals surface area contributed by atoms with E-state index in [9.17, 15) is 14.7 Å². The van der Waals surface area contributed by atoms with Crippen LogP contribution in [0.25, 0.3) is 0 Å². The van der Waals surface area contributed by atoms with Gasteiger partial charge in [0, 0.05) is 38.1 Å². The van der Waals surface area contributed by atoms with Crippen molar-refractivity contribution in [3.8, 4) is 0 Å². The second-order valence-corrected chi connectivity index (χ2v) is 8.37. The second-order valence-electron chi connectivity index (χ2n) is 8.37. The Balaban J connectivity index is 1.47. The van der Waals surface area contributed by atoms with Crippen LogP contribution in [0, 0.1) is 0 Å². The largest absolute Gasteiger partial charge is 0.480 e. The molecule has 3 rings (SSSR count). The fourth-order valence-corrected chi connectivity index (χ4v) is 3.86. The van der Waals surface area contributed by atoms with E-state index in [-0.39, 0.29) is 5.91 Å². The molecule has 1 aliphatic heterocycles. The molecule has 0 fully saturated rings. The molecule has 1 unspecified atom stereocenters. The molecule has 9 heteroatoms. The van der Waals surface area contributed by atoms with Gasteiger partial charge in [-0.15, -0.1) is 0 Å². The standard InChI is InChI=1S/C24H34N6O3/c1-18(31)27-17-30(15-11-22(24(32)33)28-21-8-5-12-25-16-21)14-3-2-7-20-10-9-19-6-4-13-26-23(19)29-20/h5,8-10,12,16,22,28H,2-4,6-7,11,13-15,17H2,1H3,(H,26,29)(H,27,31)(H,32,33). The maximum absolute atomic E-state index is 11.7. The summed E-state index contributed by atoms with van der Waals surface area (Å²) in [6.07, 6.45) is 8.68. The molecule has 0 saturated carbocycles. The molecule has 0 radical (unpaired) electrons. The lowest BCUT2D eigenvalue weighted by Gasteiger charge is -2.24. The monoisotopic (exact) mass is 454 g/mol. The summed E-state index contributed by atoms with van der Waals surface area (Å²) in [6.45, 7) is 4.18. The van der Waals surface area contributed by atoms with Crippen molar-refractivity contribution < 1.29 is 14.7 Å². The number of carbonyl (C=O) groups is 2. The summed E-state index contributed by atoms with van der Waals surface area (Å²) < 4.78 is 0. The van der Waals surface area contributed by atoms with E-state index in [1.54, 1.807) is 24.5 Å². The number of carboxylic acid groups (broad SMARTS) is 1. The van der Waals surface area contributed by atoms with E-state index in [4.69, 9.17) is 4.98 Å². The number of amides is 1. The Morgan fingerprint density at radius 1 is 1.24 bits per heavy atom. The SMILES string of the molecule is CC(=O)NCN(CCCCc1ccc2c(n1)NCCC2)CCC(Nc1cccnc1)C(=O)O. The van der Waals surface area contributed by atoms with Crippen LogP contribution in [-0.4, -0.2) is 64.2 Å². The Morgan fingerprint density at radius 2 is 2.12 bits per heavy atom. The zero-order valence-corrected chi connectivity index (χ0v) is 19.2. The van der Waals surface area contributed by atoms with Crippen LogP contribution in [0.2, 0.25) is 0 Å². The number of carbonyl (C=O) groups excluding carboxylic acids is 1. The van der Waals surface area contributed by atoms with Crippen molar-refractivity contribution in [2.45, 2.75) is 51.5 Å². The van der Waals surface area contributed by atoms with Gasteiger partial charge in [-0.1, -0.05) is 6.07 Å². The molecular formula is C24H34N6O3. The molecule has 1 aliphatic rings. The molecule has 4 N–H and O–H groups in total. The van der Waals surface area contributed by atoms with Crippen molar-refractivity contribution in [2.24, 2.45) is 0 Å². The van der Waals surface area contributed by atoms with Crippen molar-refractivity contribution >= 4 is 23.4 Å². The molecule has 0 spiro atoms. The van der Waals surface area contributed by atoms with Crippen LogP contribution in [-0.2, 0) is 22.4 Å². The van der Waals surface area contributed by atoms with Crippen LogP contribution in [0.5, 0.6) is 0 Å². The van der Waals surface area contributed by atoms with Crippen molar-refractivity contribution in [1.29, 1.82) is 0 Å². The van der Waals surface area contributed by atoms with E-state index in [1.807, 2.05) is 0 Å². The maximum Gasteiger partial charge on any atom is 0.326 e. The predicted octanol–water partition coefficient (Wildman–Crippen LogP) is 2.51. The second kappa shape index (κ2) is 12.7. The lowest BCUT2D eigenvalue weighted by Crippen LogP contribution is -2.40. The highest BCUT2D eigenvalue weighted by Crippen LogP contribution is 2.20. The minimum absolute atomic E-state index is 0.103. The zero-order valence-electron chi connectivity index (χ0n) is 19.2. The molecule has 3 heterocycles. The highest BCUT2D eigenvalue weighted by Gasteiger charge is 2.19. The van der Waals surface area contributed by atoms with Gasteiger partial charge in [0.15, 0.2) is 0 Å². The average Bonchev–Trinajstić information content (AvgIpc) is 2.82. The van der Waals surface area contributed by atoms with Crippen molar-refractivity contribution in [3.63, 3.8) is 0 Å². The number of hydrogen-bond donors (Lipinski definition) is 4. The first-order chi connectivity index (χ1) is 16.0. The van der Waals surface area contributed by atoms with Crippen molar-refractivity contribution in [2.75, 3.05) is 36.9 Å². The summed E-state index contributed by atoms with van der Waals surface area (Å²) in [6, 6.07) is 7.11. The van der Waals surface area contributed by atoms with E-state index >= 15 is 0 Å². The summed E-state index contributed by atoms with van der Waals surface area (Å²) >= 11 is 0. The Labute approximate surface area is 195 Å². The van der Waals surface area contributed by atoms with Gasteiger partial charge in [-0.05, 0) is 68.8 Å². The number of unbranched alkanes of at least 4 members (excludes halogenated alkanes) is 1. The first-order valence-electron chi connectivity index (χ1n) is 11.6. The summed E-state index contributed by atoms with van der Waals surface area (Å²) in [4.78, 5) is 34.0. The number of rotatable bonds is 13. The summed E-state index contributed by atoms with van der Waals surface area (Å²) in [7, 11) is 0. The van der Waals surface area contributed by atoms with Crippen LogP contribution >= 0.6 is 0 Å². The van der Waals surface area contributed by atoms with Crippen molar-refractivity contribution in [3.05, 3.63) is 47.9 Å². The first-order valence-corrected chi connectivity index (χ1v) is 11.6. The maximum atomic E-state index is 11.7. The molecule has 1 atom stereocenters. The van der Waals surface area contributed by atoms with Gasteiger partial charge in [-0.25, -0.2) is 9.78 Å². The number of nitrogens with zero attached hydrogens (tertiary/aromatic N) is 3. The number of hydrogen-bond acceptors (Lipinski definition) is 7. The summed E-state index contributed by atoms with van der Waals surface area (Å²) in [5.74, 6) is 0.00585. The molecule has 33 heavy (non-hydrogen) atoms. The van der Waals surface area contributed by atoms with E-state index < -0.39 is 12.0 Å². The Hall–Kier alpha value is -3.20. The van der Waals surface area contributed by atoms with Crippen LogP contribution in [0.15, 0.2) is 36.7 Å². The third-order valence-electron chi connectivity index (χ3n) is 5.70. The summed E-state index contributed by atoms with van der Waals surface area (Å²) in [5, 5.41) is 18.8.